The Labute approximate surface area is 70.8 Å². The molecule has 1 aromatic rings. The number of hydrogen-bond acceptors (Lipinski definition) is 4. The van der Waals surface area contributed by atoms with E-state index in [1.165, 1.54) is 10.6 Å². The van der Waals surface area contributed by atoms with Gasteiger partial charge in [-0.05, 0) is 23.9 Å². The Kier molecular flexibility index (Phi) is 2.87. The number of aryl methyl sites for hydroxylation is 1. The first kappa shape index (κ1) is 8.52. The molecule has 0 atom stereocenters. The molecule has 1 heterocycles. The minimum Gasteiger partial charge on any atom is -0.352 e. The maximum atomic E-state index is 5.20. The highest BCUT2D eigenvalue weighted by Crippen LogP contribution is 2.24. The molecule has 0 saturated carbocycles. The SMILES string of the molecule is Cc1ccsc1N(C)CNN. The van der Waals surface area contributed by atoms with Gasteiger partial charge in [-0.25, -0.2) is 5.43 Å². The summed E-state index contributed by atoms with van der Waals surface area (Å²) in [5, 5.41) is 3.35. The van der Waals surface area contributed by atoms with Gasteiger partial charge in [0.05, 0.1) is 11.7 Å². The second-order valence-corrected chi connectivity index (χ2v) is 3.36. The number of hydrazine groups is 1. The molecule has 0 aromatic carbocycles. The van der Waals surface area contributed by atoms with E-state index in [1.54, 1.807) is 11.3 Å². The summed E-state index contributed by atoms with van der Waals surface area (Å²) in [6.45, 7) is 2.78. The second-order valence-electron chi connectivity index (χ2n) is 2.47. The molecule has 4 heteroatoms. The zero-order valence-corrected chi connectivity index (χ0v) is 7.61. The highest BCUT2D eigenvalue weighted by atomic mass is 32.1. The van der Waals surface area contributed by atoms with Crippen molar-refractivity contribution in [1.29, 1.82) is 0 Å². The van der Waals surface area contributed by atoms with Crippen molar-refractivity contribution in [2.24, 2.45) is 5.84 Å². The van der Waals surface area contributed by atoms with Gasteiger partial charge < -0.3 is 4.90 Å². The van der Waals surface area contributed by atoms with Crippen LogP contribution in [0.1, 0.15) is 5.56 Å². The number of anilines is 1. The van der Waals surface area contributed by atoms with Gasteiger partial charge in [0.2, 0.25) is 0 Å². The van der Waals surface area contributed by atoms with Crippen molar-refractivity contribution < 1.29 is 0 Å². The minimum absolute atomic E-state index is 0.682. The maximum Gasteiger partial charge on any atom is 0.0946 e. The molecule has 0 fully saturated rings. The van der Waals surface area contributed by atoms with Crippen molar-refractivity contribution >= 4 is 16.3 Å². The molecule has 1 rings (SSSR count). The summed E-state index contributed by atoms with van der Waals surface area (Å²) in [6.07, 6.45) is 0. The molecule has 0 aliphatic carbocycles. The van der Waals surface area contributed by atoms with Crippen molar-refractivity contribution in [3.05, 3.63) is 17.0 Å². The summed E-state index contributed by atoms with van der Waals surface area (Å²) < 4.78 is 0. The monoisotopic (exact) mass is 171 g/mol. The molecule has 1 aromatic heterocycles. The summed E-state index contributed by atoms with van der Waals surface area (Å²) in [7, 11) is 2.01. The normalized spacial score (nSPS) is 10.1. The second kappa shape index (κ2) is 3.71. The maximum absolute atomic E-state index is 5.20. The largest absolute Gasteiger partial charge is 0.352 e. The Balaban J connectivity index is 2.67. The molecule has 0 aliphatic rings. The number of rotatable bonds is 3. The van der Waals surface area contributed by atoms with Crippen molar-refractivity contribution in [3.63, 3.8) is 0 Å². The van der Waals surface area contributed by atoms with E-state index in [4.69, 9.17) is 5.84 Å². The van der Waals surface area contributed by atoms with E-state index in [-0.39, 0.29) is 0 Å². The summed E-state index contributed by atoms with van der Waals surface area (Å²) in [4.78, 5) is 2.08. The molecule has 3 N–H and O–H groups in total. The fraction of sp³-hybridized carbons (Fsp3) is 0.429. The smallest absolute Gasteiger partial charge is 0.0946 e. The molecule has 0 unspecified atom stereocenters. The van der Waals surface area contributed by atoms with E-state index in [0.29, 0.717) is 6.67 Å². The first-order valence-corrected chi connectivity index (χ1v) is 4.32. The molecule has 0 radical (unpaired) electrons. The van der Waals surface area contributed by atoms with Crippen molar-refractivity contribution in [2.45, 2.75) is 6.92 Å². The van der Waals surface area contributed by atoms with Crippen LogP contribution in [0.5, 0.6) is 0 Å². The van der Waals surface area contributed by atoms with Gasteiger partial charge in [-0.15, -0.1) is 11.3 Å². The number of nitrogens with one attached hydrogen (secondary N) is 1. The molecule has 0 bridgehead atoms. The van der Waals surface area contributed by atoms with E-state index < -0.39 is 0 Å². The average Bonchev–Trinajstić information content (AvgIpc) is 2.36. The van der Waals surface area contributed by atoms with Gasteiger partial charge in [0.15, 0.2) is 0 Å². The molecule has 3 nitrogen and oxygen atoms in total. The molecular formula is C7H13N3S. The van der Waals surface area contributed by atoms with E-state index in [0.717, 1.165) is 0 Å². The first-order valence-electron chi connectivity index (χ1n) is 3.44. The fourth-order valence-corrected chi connectivity index (χ4v) is 1.86. The molecular weight excluding hydrogens is 158 g/mol. The van der Waals surface area contributed by atoms with Gasteiger partial charge in [-0.1, -0.05) is 0 Å². The summed E-state index contributed by atoms with van der Waals surface area (Å²) >= 11 is 1.73. The molecule has 0 aliphatic heterocycles. The average molecular weight is 171 g/mol. The Morgan fingerprint density at radius 2 is 2.45 bits per heavy atom. The zero-order valence-electron chi connectivity index (χ0n) is 6.79. The van der Waals surface area contributed by atoms with Crippen LogP contribution in [0.25, 0.3) is 0 Å². The number of nitrogens with two attached hydrogens (primary N) is 1. The lowest BCUT2D eigenvalue weighted by molar-refractivity contribution is 0.720. The summed E-state index contributed by atoms with van der Waals surface area (Å²) in [6, 6.07) is 2.10. The van der Waals surface area contributed by atoms with E-state index in [2.05, 4.69) is 28.7 Å². The van der Waals surface area contributed by atoms with Gasteiger partial charge in [-0.2, -0.15) is 0 Å². The van der Waals surface area contributed by atoms with E-state index >= 15 is 0 Å². The van der Waals surface area contributed by atoms with E-state index in [1.807, 2.05) is 7.05 Å². The Morgan fingerprint density at radius 1 is 1.73 bits per heavy atom. The van der Waals surface area contributed by atoms with Crippen LogP contribution in [0.3, 0.4) is 0 Å². The number of thiophene rings is 1. The number of nitrogens with zero attached hydrogens (tertiary/aromatic N) is 1. The predicted octanol–water partition coefficient (Wildman–Crippen LogP) is 0.914. The van der Waals surface area contributed by atoms with Crippen LogP contribution < -0.4 is 16.2 Å². The van der Waals surface area contributed by atoms with Crippen molar-refractivity contribution in [2.75, 3.05) is 18.6 Å². The molecule has 11 heavy (non-hydrogen) atoms. The van der Waals surface area contributed by atoms with Crippen LogP contribution in [0.2, 0.25) is 0 Å². The van der Waals surface area contributed by atoms with Crippen LogP contribution in [-0.4, -0.2) is 13.7 Å². The lowest BCUT2D eigenvalue weighted by Gasteiger charge is -2.16. The Hall–Kier alpha value is -0.580. The third kappa shape index (κ3) is 1.92. The van der Waals surface area contributed by atoms with Gasteiger partial charge in [0.1, 0.15) is 0 Å². The highest BCUT2D eigenvalue weighted by Gasteiger charge is 2.03. The van der Waals surface area contributed by atoms with Gasteiger partial charge >= 0.3 is 0 Å². The molecule has 0 saturated heterocycles. The molecule has 0 spiro atoms. The topological polar surface area (TPSA) is 41.3 Å². The van der Waals surface area contributed by atoms with Crippen molar-refractivity contribution in [1.82, 2.24) is 5.43 Å². The van der Waals surface area contributed by atoms with Gasteiger partial charge in [0, 0.05) is 7.05 Å². The predicted molar refractivity (Wildman–Crippen MR) is 49.6 cm³/mol. The summed E-state index contributed by atoms with van der Waals surface area (Å²) in [5.74, 6) is 5.20. The first-order chi connectivity index (χ1) is 5.25. The molecule has 0 amide bonds. The third-order valence-electron chi connectivity index (χ3n) is 1.51. The zero-order chi connectivity index (χ0) is 8.27. The Bertz CT molecular complexity index is 221. The molecule has 62 valence electrons. The lowest BCUT2D eigenvalue weighted by atomic mass is 10.3. The summed E-state index contributed by atoms with van der Waals surface area (Å²) in [5.41, 5.74) is 3.91. The lowest BCUT2D eigenvalue weighted by Crippen LogP contribution is -2.35. The van der Waals surface area contributed by atoms with Crippen LogP contribution in [-0.2, 0) is 0 Å². The van der Waals surface area contributed by atoms with Gasteiger partial charge in [0.25, 0.3) is 0 Å². The Morgan fingerprint density at radius 3 is 2.91 bits per heavy atom. The fourth-order valence-electron chi connectivity index (χ4n) is 0.965. The standard InChI is InChI=1S/C7H13N3S/c1-6-3-4-11-7(6)10(2)5-9-8/h3-4,9H,5,8H2,1-2H3. The van der Waals surface area contributed by atoms with E-state index in [9.17, 15) is 0 Å². The highest BCUT2D eigenvalue weighted by molar-refractivity contribution is 7.14. The number of hydrogen-bond donors (Lipinski definition) is 2. The quantitative estimate of drug-likeness (QED) is 0.403. The van der Waals surface area contributed by atoms with Crippen molar-refractivity contribution in [3.8, 4) is 0 Å². The third-order valence-corrected chi connectivity index (χ3v) is 2.64. The van der Waals surface area contributed by atoms with Gasteiger partial charge in [-0.3, -0.25) is 5.84 Å². The van der Waals surface area contributed by atoms with Crippen LogP contribution in [0.4, 0.5) is 5.00 Å². The van der Waals surface area contributed by atoms with Crippen LogP contribution in [0, 0.1) is 6.92 Å². The van der Waals surface area contributed by atoms with Crippen LogP contribution >= 0.6 is 11.3 Å². The van der Waals surface area contributed by atoms with Crippen LogP contribution in [0.15, 0.2) is 11.4 Å². The minimum atomic E-state index is 0.682.